The average Bonchev–Trinajstić information content (AvgIpc) is 3.05. The summed E-state index contributed by atoms with van der Waals surface area (Å²) >= 11 is 0. The van der Waals surface area contributed by atoms with Crippen LogP contribution in [0.25, 0.3) is 22.4 Å². The Balaban J connectivity index is 2.09. The Bertz CT molecular complexity index is 907. The number of hydrogen-bond donors (Lipinski definition) is 2. The van der Waals surface area contributed by atoms with Crippen LogP contribution in [0.4, 0.5) is 10.2 Å². The number of carbonyl (C=O) groups excluding carboxylic acids is 2. The van der Waals surface area contributed by atoms with Gasteiger partial charge in [0.25, 0.3) is 0 Å². The molecule has 0 fully saturated rings. The van der Waals surface area contributed by atoms with Gasteiger partial charge >= 0.3 is 11.9 Å². The van der Waals surface area contributed by atoms with Gasteiger partial charge in [0.2, 0.25) is 0 Å². The number of hydrogen-bond acceptors (Lipinski definition) is 5. The number of rotatable bonds is 3. The van der Waals surface area contributed by atoms with Crippen LogP contribution in [0, 0.1) is 5.82 Å². The lowest BCUT2D eigenvalue weighted by Crippen LogP contribution is -2.24. The standard InChI is InChI=1S/C17H13FN4O3/c1-25-17(24)16(23)20-15-13(10-6-8-19-9-7-10)14(21-22-15)11-2-4-12(18)5-3-11/h2-9H,1H3,(H2,20,21,22,23). The van der Waals surface area contributed by atoms with Crippen LogP contribution in [-0.4, -0.2) is 34.2 Å². The molecule has 2 N–H and O–H groups in total. The van der Waals surface area contributed by atoms with E-state index in [0.29, 0.717) is 22.4 Å². The van der Waals surface area contributed by atoms with Gasteiger partial charge in [0.05, 0.1) is 18.4 Å². The Hall–Kier alpha value is -3.55. The van der Waals surface area contributed by atoms with Gasteiger partial charge < -0.3 is 4.74 Å². The van der Waals surface area contributed by atoms with Gasteiger partial charge in [0, 0.05) is 18.0 Å². The fourth-order valence-electron chi connectivity index (χ4n) is 2.31. The van der Waals surface area contributed by atoms with Crippen molar-refractivity contribution in [2.24, 2.45) is 0 Å². The molecule has 0 radical (unpaired) electrons. The number of halogens is 1. The molecular formula is C17H13FN4O3. The van der Waals surface area contributed by atoms with Gasteiger partial charge in [-0.25, -0.2) is 9.18 Å². The van der Waals surface area contributed by atoms with E-state index in [-0.39, 0.29) is 11.6 Å². The molecule has 7 nitrogen and oxygen atoms in total. The van der Waals surface area contributed by atoms with Crippen molar-refractivity contribution in [3.8, 4) is 22.4 Å². The molecule has 1 amide bonds. The van der Waals surface area contributed by atoms with Gasteiger partial charge in [-0.2, -0.15) is 5.10 Å². The number of amides is 1. The molecule has 0 saturated heterocycles. The molecule has 0 spiro atoms. The molecule has 126 valence electrons. The van der Waals surface area contributed by atoms with Crippen molar-refractivity contribution in [3.63, 3.8) is 0 Å². The van der Waals surface area contributed by atoms with E-state index >= 15 is 0 Å². The normalized spacial score (nSPS) is 10.3. The highest BCUT2D eigenvalue weighted by molar-refractivity contribution is 6.37. The van der Waals surface area contributed by atoms with Crippen LogP contribution in [0.3, 0.4) is 0 Å². The van der Waals surface area contributed by atoms with E-state index in [0.717, 1.165) is 7.11 Å². The molecule has 1 aromatic carbocycles. The Morgan fingerprint density at radius 3 is 2.40 bits per heavy atom. The monoisotopic (exact) mass is 340 g/mol. The van der Waals surface area contributed by atoms with Gasteiger partial charge in [-0.15, -0.1) is 0 Å². The van der Waals surface area contributed by atoms with Crippen LogP contribution in [0.5, 0.6) is 0 Å². The van der Waals surface area contributed by atoms with E-state index in [9.17, 15) is 14.0 Å². The first-order valence-corrected chi connectivity index (χ1v) is 7.24. The lowest BCUT2D eigenvalue weighted by molar-refractivity contribution is -0.150. The summed E-state index contributed by atoms with van der Waals surface area (Å²) in [6.07, 6.45) is 3.17. The number of ether oxygens (including phenoxy) is 1. The second-order valence-corrected chi connectivity index (χ2v) is 5.01. The summed E-state index contributed by atoms with van der Waals surface area (Å²) in [5.74, 6) is -2.20. The third-order valence-electron chi connectivity index (χ3n) is 3.47. The van der Waals surface area contributed by atoms with E-state index in [2.05, 4.69) is 25.2 Å². The van der Waals surface area contributed by atoms with E-state index in [1.54, 1.807) is 36.7 Å². The van der Waals surface area contributed by atoms with E-state index in [1.807, 2.05) is 0 Å². The molecule has 25 heavy (non-hydrogen) atoms. The minimum atomic E-state index is -1.04. The van der Waals surface area contributed by atoms with E-state index in [1.165, 1.54) is 12.1 Å². The number of aromatic nitrogens is 3. The molecule has 0 aliphatic heterocycles. The number of H-pyrrole nitrogens is 1. The molecule has 0 aliphatic carbocycles. The maximum absolute atomic E-state index is 13.2. The van der Waals surface area contributed by atoms with Gasteiger partial charge in [-0.05, 0) is 42.0 Å². The van der Waals surface area contributed by atoms with Crippen molar-refractivity contribution in [2.45, 2.75) is 0 Å². The van der Waals surface area contributed by atoms with E-state index < -0.39 is 11.9 Å². The molecule has 3 aromatic rings. The second-order valence-electron chi connectivity index (χ2n) is 5.01. The predicted octanol–water partition coefficient (Wildman–Crippen LogP) is 2.39. The number of esters is 1. The molecule has 2 heterocycles. The van der Waals surface area contributed by atoms with Gasteiger partial charge in [-0.3, -0.25) is 20.2 Å². The van der Waals surface area contributed by atoms with Crippen molar-refractivity contribution in [2.75, 3.05) is 12.4 Å². The minimum Gasteiger partial charge on any atom is -0.462 e. The zero-order valence-corrected chi connectivity index (χ0v) is 13.1. The zero-order valence-electron chi connectivity index (χ0n) is 13.1. The van der Waals surface area contributed by atoms with E-state index in [4.69, 9.17) is 0 Å². The number of benzene rings is 1. The summed E-state index contributed by atoms with van der Waals surface area (Å²) in [6.45, 7) is 0. The summed E-state index contributed by atoms with van der Waals surface area (Å²) in [4.78, 5) is 27.1. The van der Waals surface area contributed by atoms with Crippen LogP contribution in [0.2, 0.25) is 0 Å². The highest BCUT2D eigenvalue weighted by Crippen LogP contribution is 2.35. The first kappa shape index (κ1) is 16.3. The second kappa shape index (κ2) is 6.91. The lowest BCUT2D eigenvalue weighted by atomic mass is 10.0. The highest BCUT2D eigenvalue weighted by Gasteiger charge is 2.21. The minimum absolute atomic E-state index is 0.154. The summed E-state index contributed by atoms with van der Waals surface area (Å²) in [5.41, 5.74) is 2.49. The number of nitrogens with zero attached hydrogens (tertiary/aromatic N) is 2. The van der Waals surface area contributed by atoms with Crippen molar-refractivity contribution in [3.05, 3.63) is 54.6 Å². The number of methoxy groups -OCH3 is 1. The summed E-state index contributed by atoms with van der Waals surface area (Å²) in [7, 11) is 1.11. The van der Waals surface area contributed by atoms with Crippen LogP contribution in [-0.2, 0) is 14.3 Å². The fourth-order valence-corrected chi connectivity index (χ4v) is 2.31. The molecule has 3 rings (SSSR count). The third kappa shape index (κ3) is 3.37. The summed E-state index contributed by atoms with van der Waals surface area (Å²) in [6, 6.07) is 9.26. The molecule has 0 atom stereocenters. The molecule has 0 saturated carbocycles. The van der Waals surface area contributed by atoms with Gasteiger partial charge in [0.15, 0.2) is 5.82 Å². The van der Waals surface area contributed by atoms with Crippen LogP contribution in [0.1, 0.15) is 0 Å². The third-order valence-corrected chi connectivity index (χ3v) is 3.47. The molecule has 8 heteroatoms. The lowest BCUT2D eigenvalue weighted by Gasteiger charge is -2.07. The van der Waals surface area contributed by atoms with Crippen molar-refractivity contribution in [1.82, 2.24) is 15.2 Å². The Morgan fingerprint density at radius 1 is 1.08 bits per heavy atom. The predicted molar refractivity (Wildman–Crippen MR) is 87.9 cm³/mol. The number of carbonyl (C=O) groups is 2. The topological polar surface area (TPSA) is 97.0 Å². The smallest absolute Gasteiger partial charge is 0.396 e. The average molecular weight is 340 g/mol. The maximum Gasteiger partial charge on any atom is 0.396 e. The number of anilines is 1. The quantitative estimate of drug-likeness (QED) is 0.564. The fraction of sp³-hybridized carbons (Fsp3) is 0.0588. The van der Waals surface area contributed by atoms with Crippen LogP contribution < -0.4 is 5.32 Å². The van der Waals surface area contributed by atoms with Crippen molar-refractivity contribution >= 4 is 17.7 Å². The number of pyridine rings is 1. The Morgan fingerprint density at radius 2 is 1.76 bits per heavy atom. The Kier molecular flexibility index (Phi) is 4.51. The van der Waals surface area contributed by atoms with Crippen LogP contribution >= 0.6 is 0 Å². The number of aromatic amines is 1. The summed E-state index contributed by atoms with van der Waals surface area (Å²) < 4.78 is 17.6. The van der Waals surface area contributed by atoms with Crippen LogP contribution in [0.15, 0.2) is 48.8 Å². The van der Waals surface area contributed by atoms with Crippen molar-refractivity contribution < 1.29 is 18.7 Å². The zero-order chi connectivity index (χ0) is 17.8. The first-order valence-electron chi connectivity index (χ1n) is 7.24. The Labute approximate surface area is 141 Å². The molecule has 0 aliphatic rings. The molecule has 2 aromatic heterocycles. The summed E-state index contributed by atoms with van der Waals surface area (Å²) in [5, 5.41) is 9.29. The highest BCUT2D eigenvalue weighted by atomic mass is 19.1. The largest absolute Gasteiger partial charge is 0.462 e. The molecule has 0 bridgehead atoms. The maximum atomic E-state index is 13.2. The molecular weight excluding hydrogens is 327 g/mol. The first-order chi connectivity index (χ1) is 12.1. The molecule has 0 unspecified atom stereocenters. The van der Waals surface area contributed by atoms with Crippen molar-refractivity contribution in [1.29, 1.82) is 0 Å². The van der Waals surface area contributed by atoms with Gasteiger partial charge in [-0.1, -0.05) is 0 Å². The number of nitrogens with one attached hydrogen (secondary N) is 2. The SMILES string of the molecule is COC(=O)C(=O)Nc1n[nH]c(-c2ccc(F)cc2)c1-c1ccncc1. The van der Waals surface area contributed by atoms with Gasteiger partial charge in [0.1, 0.15) is 5.82 Å².